The van der Waals surface area contributed by atoms with E-state index in [0.29, 0.717) is 17.8 Å². The standard InChI is InChI=1S/C16H18O2S3/c1-12-10-15(21-11-12)18-7-6-17-14-4-2-13(3-5-14)16-19-8-9-20-16/h2-5,10-11,16H,6-9H2,1H3. The first kappa shape index (κ1) is 15.1. The van der Waals surface area contributed by atoms with Gasteiger partial charge >= 0.3 is 0 Å². The molecule has 1 aromatic carbocycles. The van der Waals surface area contributed by atoms with Gasteiger partial charge in [0.25, 0.3) is 0 Å². The monoisotopic (exact) mass is 338 g/mol. The highest BCUT2D eigenvalue weighted by Gasteiger charge is 2.17. The molecule has 0 bridgehead atoms. The molecule has 3 rings (SSSR count). The molecule has 1 aliphatic heterocycles. The molecule has 0 atom stereocenters. The van der Waals surface area contributed by atoms with Crippen molar-refractivity contribution in [2.45, 2.75) is 11.5 Å². The molecule has 0 saturated carbocycles. The second kappa shape index (κ2) is 7.47. The lowest BCUT2D eigenvalue weighted by Crippen LogP contribution is -2.08. The summed E-state index contributed by atoms with van der Waals surface area (Å²) in [5, 5.41) is 3.05. The van der Waals surface area contributed by atoms with E-state index in [1.165, 1.54) is 22.6 Å². The summed E-state index contributed by atoms with van der Waals surface area (Å²) in [6, 6.07) is 10.5. The number of benzene rings is 1. The maximum absolute atomic E-state index is 5.72. The Morgan fingerprint density at radius 3 is 2.43 bits per heavy atom. The fraction of sp³-hybridized carbons (Fsp3) is 0.375. The maximum atomic E-state index is 5.72. The molecular formula is C16H18O2S3. The van der Waals surface area contributed by atoms with E-state index in [9.17, 15) is 0 Å². The van der Waals surface area contributed by atoms with E-state index >= 15 is 0 Å². The van der Waals surface area contributed by atoms with Gasteiger partial charge in [-0.25, -0.2) is 0 Å². The highest BCUT2D eigenvalue weighted by Crippen LogP contribution is 2.45. The predicted octanol–water partition coefficient (Wildman–Crippen LogP) is 4.99. The maximum Gasteiger partial charge on any atom is 0.174 e. The molecule has 2 aromatic rings. The normalized spacial score (nSPS) is 15.3. The Bertz CT molecular complexity index is 559. The van der Waals surface area contributed by atoms with E-state index in [2.05, 4.69) is 42.6 Å². The molecule has 0 N–H and O–H groups in total. The third-order valence-electron chi connectivity index (χ3n) is 3.08. The van der Waals surface area contributed by atoms with Gasteiger partial charge in [-0.15, -0.1) is 34.9 Å². The van der Waals surface area contributed by atoms with Crippen LogP contribution in [0.15, 0.2) is 35.7 Å². The Hall–Kier alpha value is -0.780. The summed E-state index contributed by atoms with van der Waals surface area (Å²) in [6.45, 7) is 3.22. The van der Waals surface area contributed by atoms with Gasteiger partial charge in [-0.3, -0.25) is 0 Å². The minimum atomic E-state index is 0.573. The zero-order chi connectivity index (χ0) is 14.5. The Morgan fingerprint density at radius 2 is 1.76 bits per heavy atom. The van der Waals surface area contributed by atoms with Crippen molar-refractivity contribution in [3.05, 3.63) is 46.8 Å². The molecule has 0 unspecified atom stereocenters. The van der Waals surface area contributed by atoms with Crippen LogP contribution in [0, 0.1) is 6.92 Å². The minimum absolute atomic E-state index is 0.573. The Balaban J connectivity index is 1.42. The van der Waals surface area contributed by atoms with E-state index in [0.717, 1.165) is 10.8 Å². The van der Waals surface area contributed by atoms with Crippen LogP contribution in [0.5, 0.6) is 10.8 Å². The second-order valence-electron chi connectivity index (χ2n) is 4.78. The van der Waals surface area contributed by atoms with Crippen molar-refractivity contribution < 1.29 is 9.47 Å². The third kappa shape index (κ3) is 4.34. The van der Waals surface area contributed by atoms with Gasteiger partial charge in [0.1, 0.15) is 19.0 Å². The third-order valence-corrected chi connectivity index (χ3v) is 7.14. The quantitative estimate of drug-likeness (QED) is 0.690. The van der Waals surface area contributed by atoms with E-state index in [-0.39, 0.29) is 0 Å². The molecule has 0 aliphatic carbocycles. The molecule has 2 nitrogen and oxygen atoms in total. The number of hydrogen-bond donors (Lipinski definition) is 0. The molecule has 1 fully saturated rings. The van der Waals surface area contributed by atoms with Crippen LogP contribution in [0.25, 0.3) is 0 Å². The fourth-order valence-electron chi connectivity index (χ4n) is 2.05. The summed E-state index contributed by atoms with van der Waals surface area (Å²) >= 11 is 5.68. The minimum Gasteiger partial charge on any atom is -0.490 e. The second-order valence-corrected chi connectivity index (χ2v) is 8.38. The number of hydrogen-bond acceptors (Lipinski definition) is 5. The zero-order valence-electron chi connectivity index (χ0n) is 11.9. The van der Waals surface area contributed by atoms with Crippen LogP contribution in [0.3, 0.4) is 0 Å². The van der Waals surface area contributed by atoms with Crippen LogP contribution in [-0.2, 0) is 0 Å². The summed E-state index contributed by atoms with van der Waals surface area (Å²) < 4.78 is 12.0. The average Bonchev–Trinajstić information content (AvgIpc) is 3.16. The SMILES string of the molecule is Cc1csc(OCCOc2ccc(C3SCCS3)cc2)c1. The van der Waals surface area contributed by atoms with Crippen LogP contribution in [-0.4, -0.2) is 24.7 Å². The molecule has 2 heterocycles. The summed E-state index contributed by atoms with van der Waals surface area (Å²) in [5.74, 6) is 3.43. The van der Waals surface area contributed by atoms with E-state index in [4.69, 9.17) is 9.47 Å². The first-order valence-electron chi connectivity index (χ1n) is 6.95. The highest BCUT2D eigenvalue weighted by atomic mass is 32.2. The van der Waals surface area contributed by atoms with Crippen LogP contribution in [0.1, 0.15) is 15.7 Å². The van der Waals surface area contributed by atoms with Crippen LogP contribution in [0.4, 0.5) is 0 Å². The molecule has 1 aromatic heterocycles. The first-order chi connectivity index (χ1) is 10.3. The molecule has 0 amide bonds. The number of thioether (sulfide) groups is 2. The summed E-state index contributed by atoms with van der Waals surface area (Å²) in [5.41, 5.74) is 2.63. The average molecular weight is 339 g/mol. The summed E-state index contributed by atoms with van der Waals surface area (Å²) in [6.07, 6.45) is 0. The van der Waals surface area contributed by atoms with Gasteiger partial charge in [-0.2, -0.15) is 0 Å². The van der Waals surface area contributed by atoms with Crippen molar-refractivity contribution in [3.8, 4) is 10.8 Å². The van der Waals surface area contributed by atoms with Crippen molar-refractivity contribution in [1.82, 2.24) is 0 Å². The van der Waals surface area contributed by atoms with Crippen LogP contribution >= 0.6 is 34.9 Å². The smallest absolute Gasteiger partial charge is 0.174 e. The van der Waals surface area contributed by atoms with E-state index in [1.54, 1.807) is 11.3 Å². The molecule has 112 valence electrons. The van der Waals surface area contributed by atoms with Crippen molar-refractivity contribution >= 4 is 34.9 Å². The molecular weight excluding hydrogens is 320 g/mol. The van der Waals surface area contributed by atoms with Crippen molar-refractivity contribution in [2.75, 3.05) is 24.7 Å². The summed E-state index contributed by atoms with van der Waals surface area (Å²) in [4.78, 5) is 0. The molecule has 1 saturated heterocycles. The predicted molar refractivity (Wildman–Crippen MR) is 94.1 cm³/mol. The Kier molecular flexibility index (Phi) is 5.38. The Morgan fingerprint density at radius 1 is 1.05 bits per heavy atom. The number of rotatable bonds is 6. The van der Waals surface area contributed by atoms with Gasteiger partial charge in [-0.05, 0) is 41.6 Å². The van der Waals surface area contributed by atoms with Gasteiger partial charge in [0.05, 0.1) is 4.58 Å². The molecule has 5 heteroatoms. The van der Waals surface area contributed by atoms with Crippen LogP contribution < -0.4 is 9.47 Å². The van der Waals surface area contributed by atoms with Crippen molar-refractivity contribution in [3.63, 3.8) is 0 Å². The van der Waals surface area contributed by atoms with Gasteiger partial charge < -0.3 is 9.47 Å². The van der Waals surface area contributed by atoms with Crippen molar-refractivity contribution in [2.24, 2.45) is 0 Å². The van der Waals surface area contributed by atoms with Gasteiger partial charge in [-0.1, -0.05) is 12.1 Å². The van der Waals surface area contributed by atoms with Gasteiger partial charge in [0.15, 0.2) is 5.06 Å². The fourth-order valence-corrected chi connectivity index (χ4v) is 5.69. The van der Waals surface area contributed by atoms with Crippen LogP contribution in [0.2, 0.25) is 0 Å². The topological polar surface area (TPSA) is 18.5 Å². The Labute approximate surface area is 138 Å². The molecule has 1 aliphatic rings. The number of ether oxygens (including phenoxy) is 2. The summed E-state index contributed by atoms with van der Waals surface area (Å²) in [7, 11) is 0. The van der Waals surface area contributed by atoms with Gasteiger partial charge in [0, 0.05) is 11.5 Å². The van der Waals surface area contributed by atoms with Gasteiger partial charge in [0.2, 0.25) is 0 Å². The number of thiophene rings is 1. The largest absolute Gasteiger partial charge is 0.490 e. The highest BCUT2D eigenvalue weighted by molar-refractivity contribution is 8.19. The number of aryl methyl sites for hydroxylation is 1. The van der Waals surface area contributed by atoms with E-state index < -0.39 is 0 Å². The lowest BCUT2D eigenvalue weighted by Gasteiger charge is -2.10. The zero-order valence-corrected chi connectivity index (χ0v) is 14.4. The molecule has 0 spiro atoms. The first-order valence-corrected chi connectivity index (χ1v) is 9.93. The lowest BCUT2D eigenvalue weighted by atomic mass is 10.2. The van der Waals surface area contributed by atoms with Crippen molar-refractivity contribution in [1.29, 1.82) is 0 Å². The molecule has 0 radical (unpaired) electrons. The molecule has 21 heavy (non-hydrogen) atoms. The van der Waals surface area contributed by atoms with E-state index in [1.807, 2.05) is 23.5 Å². The lowest BCUT2D eigenvalue weighted by molar-refractivity contribution is 0.221.